The van der Waals surface area contributed by atoms with E-state index >= 15 is 0 Å². The fourth-order valence-electron chi connectivity index (χ4n) is 6.07. The van der Waals surface area contributed by atoms with E-state index in [9.17, 15) is 23.2 Å². The van der Waals surface area contributed by atoms with Crippen LogP contribution in [0.15, 0.2) is 36.4 Å². The van der Waals surface area contributed by atoms with Crippen molar-refractivity contribution in [3.8, 4) is 0 Å². The van der Waals surface area contributed by atoms with Crippen LogP contribution < -0.4 is 4.90 Å². The molecule has 1 N–H and O–H groups in total. The molecule has 2 fully saturated rings. The SMILES string of the molecule is O=C(O)CCC(=O)N(C1CCC1)C1c2ccc(Cl)cc2N(C(=O)c2cc(F)cc(F)c2)C2CCCC21. The molecule has 3 unspecified atom stereocenters. The van der Waals surface area contributed by atoms with E-state index in [-0.39, 0.29) is 48.4 Å². The van der Waals surface area contributed by atoms with Gasteiger partial charge >= 0.3 is 5.97 Å². The quantitative estimate of drug-likeness (QED) is 0.531. The Bertz CT molecular complexity index is 1200. The molecule has 3 aliphatic rings. The maximum atomic E-state index is 14.0. The average Bonchev–Trinajstić information content (AvgIpc) is 3.26. The minimum absolute atomic E-state index is 0.0145. The highest BCUT2D eigenvalue weighted by molar-refractivity contribution is 6.31. The summed E-state index contributed by atoms with van der Waals surface area (Å²) in [7, 11) is 0. The van der Waals surface area contributed by atoms with Crippen molar-refractivity contribution in [1.82, 2.24) is 4.90 Å². The number of benzene rings is 2. The molecular formula is C27H27ClF2N2O4. The van der Waals surface area contributed by atoms with E-state index < -0.39 is 23.5 Å². The highest BCUT2D eigenvalue weighted by atomic mass is 35.5. The Morgan fingerprint density at radius 1 is 0.972 bits per heavy atom. The molecule has 3 atom stereocenters. The topological polar surface area (TPSA) is 77.9 Å². The molecule has 2 aromatic rings. The van der Waals surface area contributed by atoms with Crippen LogP contribution in [-0.4, -0.2) is 39.9 Å². The van der Waals surface area contributed by atoms with Crippen LogP contribution in [0.1, 0.15) is 73.3 Å². The first-order valence-electron chi connectivity index (χ1n) is 12.4. The molecule has 2 aromatic carbocycles. The number of carbonyl (C=O) groups excluding carboxylic acids is 2. The number of anilines is 1. The van der Waals surface area contributed by atoms with Gasteiger partial charge in [-0.2, -0.15) is 0 Å². The Morgan fingerprint density at radius 3 is 2.31 bits per heavy atom. The lowest BCUT2D eigenvalue weighted by atomic mass is 9.78. The minimum Gasteiger partial charge on any atom is -0.481 e. The second-order valence-electron chi connectivity index (χ2n) is 9.92. The van der Waals surface area contributed by atoms with Crippen molar-refractivity contribution in [3.63, 3.8) is 0 Å². The third-order valence-corrected chi connectivity index (χ3v) is 8.01. The molecule has 190 valence electrons. The summed E-state index contributed by atoms with van der Waals surface area (Å²) in [5.41, 5.74) is 1.19. The molecule has 1 aliphatic heterocycles. The molecular weight excluding hydrogens is 490 g/mol. The third kappa shape index (κ3) is 4.47. The van der Waals surface area contributed by atoms with Crippen LogP contribution in [0.2, 0.25) is 5.02 Å². The van der Waals surface area contributed by atoms with Crippen molar-refractivity contribution in [2.24, 2.45) is 5.92 Å². The summed E-state index contributed by atoms with van der Waals surface area (Å²) in [6.45, 7) is 0. The summed E-state index contributed by atoms with van der Waals surface area (Å²) >= 11 is 6.36. The van der Waals surface area contributed by atoms with E-state index in [4.69, 9.17) is 16.7 Å². The van der Waals surface area contributed by atoms with Gasteiger partial charge in [0.25, 0.3) is 5.91 Å². The Labute approximate surface area is 212 Å². The molecule has 2 amide bonds. The van der Waals surface area contributed by atoms with Crippen molar-refractivity contribution >= 4 is 35.1 Å². The number of carboxylic acid groups (broad SMARTS) is 1. The molecule has 0 bridgehead atoms. The maximum absolute atomic E-state index is 14.0. The van der Waals surface area contributed by atoms with Crippen LogP contribution in [0, 0.1) is 17.6 Å². The lowest BCUT2D eigenvalue weighted by Crippen LogP contribution is -2.55. The summed E-state index contributed by atoms with van der Waals surface area (Å²) in [6, 6.07) is 7.40. The van der Waals surface area contributed by atoms with E-state index in [0.29, 0.717) is 17.1 Å². The lowest BCUT2D eigenvalue weighted by Gasteiger charge is -2.51. The number of carboxylic acids is 1. The molecule has 0 aromatic heterocycles. The first-order chi connectivity index (χ1) is 17.2. The average molecular weight is 517 g/mol. The predicted octanol–water partition coefficient (Wildman–Crippen LogP) is 5.73. The van der Waals surface area contributed by atoms with Crippen LogP contribution in [0.25, 0.3) is 0 Å². The Kier molecular flexibility index (Phi) is 6.72. The highest BCUT2D eigenvalue weighted by Gasteiger charge is 2.50. The van der Waals surface area contributed by atoms with Gasteiger partial charge in [0.1, 0.15) is 11.6 Å². The van der Waals surface area contributed by atoms with Crippen molar-refractivity contribution < 1.29 is 28.3 Å². The molecule has 5 rings (SSSR count). The van der Waals surface area contributed by atoms with Gasteiger partial charge in [-0.1, -0.05) is 24.1 Å². The number of fused-ring (bicyclic) bond motifs is 2. The van der Waals surface area contributed by atoms with Gasteiger partial charge in [0, 0.05) is 41.1 Å². The predicted molar refractivity (Wildman–Crippen MR) is 130 cm³/mol. The van der Waals surface area contributed by atoms with Crippen molar-refractivity contribution in [3.05, 3.63) is 64.2 Å². The van der Waals surface area contributed by atoms with Crippen LogP contribution in [0.3, 0.4) is 0 Å². The Hall–Kier alpha value is -3.00. The van der Waals surface area contributed by atoms with Crippen LogP contribution >= 0.6 is 11.6 Å². The third-order valence-electron chi connectivity index (χ3n) is 7.78. The fourth-order valence-corrected chi connectivity index (χ4v) is 6.24. The summed E-state index contributed by atoms with van der Waals surface area (Å²) < 4.78 is 28.0. The van der Waals surface area contributed by atoms with Crippen LogP contribution in [0.5, 0.6) is 0 Å². The van der Waals surface area contributed by atoms with E-state index in [1.165, 1.54) is 0 Å². The van der Waals surface area contributed by atoms with Crippen molar-refractivity contribution in [2.75, 3.05) is 4.90 Å². The van der Waals surface area contributed by atoms with E-state index in [1.807, 2.05) is 11.0 Å². The molecule has 6 nitrogen and oxygen atoms in total. The van der Waals surface area contributed by atoms with E-state index in [1.54, 1.807) is 17.0 Å². The van der Waals surface area contributed by atoms with Gasteiger partial charge in [0.05, 0.1) is 18.2 Å². The number of halogens is 3. The number of hydrogen-bond acceptors (Lipinski definition) is 3. The first kappa shape index (κ1) is 24.7. The number of nitrogens with zero attached hydrogens (tertiary/aromatic N) is 2. The molecule has 36 heavy (non-hydrogen) atoms. The molecule has 0 saturated heterocycles. The lowest BCUT2D eigenvalue weighted by molar-refractivity contribution is -0.145. The smallest absolute Gasteiger partial charge is 0.303 e. The van der Waals surface area contributed by atoms with Gasteiger partial charge in [0.2, 0.25) is 5.91 Å². The van der Waals surface area contributed by atoms with Gasteiger partial charge in [-0.15, -0.1) is 0 Å². The summed E-state index contributed by atoms with van der Waals surface area (Å²) in [5, 5.41) is 9.57. The number of aliphatic carboxylic acids is 1. The minimum atomic E-state index is -1.02. The molecule has 0 spiro atoms. The summed E-state index contributed by atoms with van der Waals surface area (Å²) in [6.07, 6.45) is 4.64. The van der Waals surface area contributed by atoms with Gasteiger partial charge in [0.15, 0.2) is 0 Å². The zero-order chi connectivity index (χ0) is 25.6. The Balaban J connectivity index is 1.61. The second-order valence-corrected chi connectivity index (χ2v) is 10.4. The zero-order valence-electron chi connectivity index (χ0n) is 19.6. The fraction of sp³-hybridized carbons (Fsp3) is 0.444. The number of carbonyl (C=O) groups is 3. The van der Waals surface area contributed by atoms with Crippen LogP contribution in [0.4, 0.5) is 14.5 Å². The van der Waals surface area contributed by atoms with Crippen LogP contribution in [-0.2, 0) is 9.59 Å². The zero-order valence-corrected chi connectivity index (χ0v) is 20.4. The standard InChI is InChI=1S/C27H27ClF2N2O4/c28-16-7-8-21-23(13-16)32(27(36)15-11-17(29)14-18(30)12-15)22-6-2-5-20(22)26(21)31(19-3-1-4-19)24(33)9-10-25(34)35/h7-8,11-14,19-20,22,26H,1-6,9-10H2,(H,34,35). The molecule has 0 radical (unpaired) electrons. The van der Waals surface area contributed by atoms with Crippen molar-refractivity contribution in [1.29, 1.82) is 0 Å². The summed E-state index contributed by atoms with van der Waals surface area (Å²) in [4.78, 5) is 41.8. The highest BCUT2D eigenvalue weighted by Crippen LogP contribution is 2.53. The summed E-state index contributed by atoms with van der Waals surface area (Å²) in [5.74, 6) is -3.49. The van der Waals surface area contributed by atoms with E-state index in [2.05, 4.69) is 0 Å². The van der Waals surface area contributed by atoms with Crippen molar-refractivity contribution in [2.45, 2.75) is 69.5 Å². The number of amides is 2. The van der Waals surface area contributed by atoms with Gasteiger partial charge in [-0.25, -0.2) is 8.78 Å². The molecule has 1 heterocycles. The first-order valence-corrected chi connectivity index (χ1v) is 12.7. The van der Waals surface area contributed by atoms with Gasteiger partial charge < -0.3 is 14.9 Å². The Morgan fingerprint density at radius 2 is 1.67 bits per heavy atom. The molecule has 2 saturated carbocycles. The second kappa shape index (κ2) is 9.81. The van der Waals surface area contributed by atoms with Gasteiger partial charge in [-0.05, 0) is 61.9 Å². The normalized spacial score (nSPS) is 23.0. The largest absolute Gasteiger partial charge is 0.481 e. The number of hydrogen-bond donors (Lipinski definition) is 1. The van der Waals surface area contributed by atoms with E-state index in [0.717, 1.165) is 55.9 Å². The van der Waals surface area contributed by atoms with Gasteiger partial charge in [-0.3, -0.25) is 14.4 Å². The number of rotatable bonds is 6. The molecule has 2 aliphatic carbocycles. The molecule has 9 heteroatoms. The monoisotopic (exact) mass is 516 g/mol. The maximum Gasteiger partial charge on any atom is 0.303 e.